The van der Waals surface area contributed by atoms with E-state index in [4.69, 9.17) is 0 Å². The molecule has 1 heteroatoms. The van der Waals surface area contributed by atoms with E-state index in [0.29, 0.717) is 0 Å². The Bertz CT molecular complexity index is 358. The lowest BCUT2D eigenvalue weighted by Crippen LogP contribution is -2.02. The summed E-state index contributed by atoms with van der Waals surface area (Å²) in [5, 5.41) is 3.22. The van der Waals surface area contributed by atoms with E-state index in [1.807, 2.05) is 42.6 Å². The molecule has 1 aromatic carbocycles. The van der Waals surface area contributed by atoms with Gasteiger partial charge in [-0.3, -0.25) is 0 Å². The molecule has 1 aliphatic heterocycles. The summed E-state index contributed by atoms with van der Waals surface area (Å²) in [6.07, 6.45) is 10.0. The zero-order valence-electron chi connectivity index (χ0n) is 7.27. The van der Waals surface area contributed by atoms with Crippen LogP contribution in [0.4, 0.5) is 0 Å². The van der Waals surface area contributed by atoms with Crippen LogP contribution >= 0.6 is 0 Å². The van der Waals surface area contributed by atoms with Crippen molar-refractivity contribution in [2.45, 2.75) is 0 Å². The summed E-state index contributed by atoms with van der Waals surface area (Å²) in [4.78, 5) is 0. The fraction of sp³-hybridized carbons (Fsp3) is 0. The Labute approximate surface area is 78.1 Å². The summed E-state index contributed by atoms with van der Waals surface area (Å²) in [6.45, 7) is 0. The lowest BCUT2D eigenvalue weighted by molar-refractivity contribution is 1.22. The summed E-state index contributed by atoms with van der Waals surface area (Å²) in [5.74, 6) is 0. The van der Waals surface area contributed by atoms with Crippen LogP contribution in [0.15, 0.2) is 60.8 Å². The second-order valence-corrected chi connectivity index (χ2v) is 2.83. The van der Waals surface area contributed by atoms with E-state index in [9.17, 15) is 0 Å². The van der Waals surface area contributed by atoms with Crippen LogP contribution in [0.5, 0.6) is 0 Å². The maximum absolute atomic E-state index is 3.22. The molecule has 1 heterocycles. The van der Waals surface area contributed by atoms with Gasteiger partial charge in [0, 0.05) is 11.9 Å². The van der Waals surface area contributed by atoms with Crippen molar-refractivity contribution in [3.63, 3.8) is 0 Å². The van der Waals surface area contributed by atoms with Crippen LogP contribution in [-0.4, -0.2) is 0 Å². The van der Waals surface area contributed by atoms with Crippen LogP contribution in [0.2, 0.25) is 0 Å². The van der Waals surface area contributed by atoms with Gasteiger partial charge in [0.25, 0.3) is 0 Å². The van der Waals surface area contributed by atoms with Crippen molar-refractivity contribution < 1.29 is 0 Å². The molecular formula is C12H11N. The molecule has 0 saturated heterocycles. The molecule has 0 spiro atoms. The Balaban J connectivity index is 2.32. The van der Waals surface area contributed by atoms with Crippen molar-refractivity contribution in [1.82, 2.24) is 5.32 Å². The molecule has 0 atom stereocenters. The van der Waals surface area contributed by atoms with Gasteiger partial charge in [-0.2, -0.15) is 0 Å². The van der Waals surface area contributed by atoms with Gasteiger partial charge in [0.1, 0.15) is 0 Å². The summed E-state index contributed by atoms with van der Waals surface area (Å²) in [5.41, 5.74) is 2.34. The van der Waals surface area contributed by atoms with Crippen LogP contribution < -0.4 is 5.32 Å². The zero-order chi connectivity index (χ0) is 8.93. The zero-order valence-corrected chi connectivity index (χ0v) is 7.27. The lowest BCUT2D eigenvalue weighted by atomic mass is 10.1. The smallest absolute Gasteiger partial charge is 0.0453 e. The predicted molar refractivity (Wildman–Crippen MR) is 55.8 cm³/mol. The Morgan fingerprint density at radius 1 is 0.846 bits per heavy atom. The van der Waals surface area contributed by atoms with Gasteiger partial charge in [-0.05, 0) is 17.7 Å². The van der Waals surface area contributed by atoms with Gasteiger partial charge in [0.2, 0.25) is 0 Å². The first-order valence-electron chi connectivity index (χ1n) is 4.32. The first-order chi connectivity index (χ1) is 6.47. The third-order valence-corrected chi connectivity index (χ3v) is 1.90. The standard InChI is InChI=1S/C12H11N/c1-3-7-11(8-4-1)12-9-5-2-6-10-13-12/h1-10,13H. The number of benzene rings is 1. The molecule has 0 unspecified atom stereocenters. The highest BCUT2D eigenvalue weighted by atomic mass is 14.8. The Morgan fingerprint density at radius 2 is 1.69 bits per heavy atom. The van der Waals surface area contributed by atoms with Crippen LogP contribution in [0.3, 0.4) is 0 Å². The molecule has 2 rings (SSSR count). The van der Waals surface area contributed by atoms with E-state index >= 15 is 0 Å². The molecular weight excluding hydrogens is 158 g/mol. The van der Waals surface area contributed by atoms with Crippen molar-refractivity contribution in [1.29, 1.82) is 0 Å². The topological polar surface area (TPSA) is 12.0 Å². The van der Waals surface area contributed by atoms with Crippen LogP contribution in [0, 0.1) is 0 Å². The summed E-state index contributed by atoms with van der Waals surface area (Å²) in [6, 6.07) is 10.3. The number of allylic oxidation sites excluding steroid dienone is 4. The normalized spacial score (nSPS) is 14.6. The minimum atomic E-state index is 1.13. The summed E-state index contributed by atoms with van der Waals surface area (Å²) < 4.78 is 0. The van der Waals surface area contributed by atoms with E-state index in [2.05, 4.69) is 23.5 Å². The molecule has 0 fully saturated rings. The Morgan fingerprint density at radius 3 is 2.54 bits per heavy atom. The van der Waals surface area contributed by atoms with Gasteiger partial charge in [0.15, 0.2) is 0 Å². The Kier molecular flexibility index (Phi) is 2.28. The lowest BCUT2D eigenvalue weighted by Gasteiger charge is -2.04. The van der Waals surface area contributed by atoms with E-state index < -0.39 is 0 Å². The van der Waals surface area contributed by atoms with E-state index in [1.54, 1.807) is 0 Å². The van der Waals surface area contributed by atoms with Crippen molar-refractivity contribution in [3.05, 3.63) is 66.4 Å². The number of hydrogen-bond donors (Lipinski definition) is 1. The predicted octanol–water partition coefficient (Wildman–Crippen LogP) is 2.70. The number of hydrogen-bond acceptors (Lipinski definition) is 1. The first-order valence-corrected chi connectivity index (χ1v) is 4.32. The highest BCUT2D eigenvalue weighted by Gasteiger charge is 1.96. The van der Waals surface area contributed by atoms with E-state index in [-0.39, 0.29) is 0 Å². The van der Waals surface area contributed by atoms with Crippen molar-refractivity contribution >= 4 is 5.70 Å². The minimum Gasteiger partial charge on any atom is -0.361 e. The minimum absolute atomic E-state index is 1.13. The molecule has 1 nitrogen and oxygen atoms in total. The molecule has 1 N–H and O–H groups in total. The maximum atomic E-state index is 3.22. The van der Waals surface area contributed by atoms with Crippen molar-refractivity contribution in [3.8, 4) is 0 Å². The largest absolute Gasteiger partial charge is 0.361 e. The third-order valence-electron chi connectivity index (χ3n) is 1.90. The Hall–Kier alpha value is -1.76. The van der Waals surface area contributed by atoms with Crippen molar-refractivity contribution in [2.24, 2.45) is 0 Å². The van der Waals surface area contributed by atoms with Gasteiger partial charge in [-0.15, -0.1) is 0 Å². The van der Waals surface area contributed by atoms with Crippen LogP contribution in [0.25, 0.3) is 5.70 Å². The molecule has 0 saturated carbocycles. The molecule has 1 aliphatic rings. The van der Waals surface area contributed by atoms with Gasteiger partial charge < -0.3 is 5.32 Å². The highest BCUT2D eigenvalue weighted by Crippen LogP contribution is 2.11. The third kappa shape index (κ3) is 1.88. The number of rotatable bonds is 1. The van der Waals surface area contributed by atoms with Gasteiger partial charge in [0.05, 0.1) is 0 Å². The first kappa shape index (κ1) is 7.87. The SMILES string of the molecule is C1=CC=C(c2ccccc2)NC=C1. The van der Waals surface area contributed by atoms with E-state index in [0.717, 1.165) is 5.70 Å². The quantitative estimate of drug-likeness (QED) is 0.681. The number of nitrogens with one attached hydrogen (secondary N) is 1. The molecule has 0 radical (unpaired) electrons. The monoisotopic (exact) mass is 169 g/mol. The average molecular weight is 169 g/mol. The fourth-order valence-electron chi connectivity index (χ4n) is 1.25. The van der Waals surface area contributed by atoms with Crippen LogP contribution in [0.1, 0.15) is 5.56 Å². The average Bonchev–Trinajstić information content (AvgIpc) is 2.47. The van der Waals surface area contributed by atoms with Gasteiger partial charge >= 0.3 is 0 Å². The van der Waals surface area contributed by atoms with Gasteiger partial charge in [-0.25, -0.2) is 0 Å². The molecule has 64 valence electrons. The highest BCUT2D eigenvalue weighted by molar-refractivity contribution is 5.66. The summed E-state index contributed by atoms with van der Waals surface area (Å²) in [7, 11) is 0. The maximum Gasteiger partial charge on any atom is 0.0453 e. The molecule has 0 aromatic heterocycles. The van der Waals surface area contributed by atoms with Gasteiger partial charge in [-0.1, -0.05) is 42.5 Å². The second kappa shape index (κ2) is 3.76. The summed E-state index contributed by atoms with van der Waals surface area (Å²) >= 11 is 0. The fourth-order valence-corrected chi connectivity index (χ4v) is 1.25. The molecule has 0 bridgehead atoms. The van der Waals surface area contributed by atoms with Crippen molar-refractivity contribution in [2.75, 3.05) is 0 Å². The van der Waals surface area contributed by atoms with E-state index in [1.165, 1.54) is 5.56 Å². The second-order valence-electron chi connectivity index (χ2n) is 2.83. The van der Waals surface area contributed by atoms with Crippen LogP contribution in [-0.2, 0) is 0 Å². The molecule has 13 heavy (non-hydrogen) atoms. The molecule has 0 amide bonds. The molecule has 1 aromatic rings. The molecule has 0 aliphatic carbocycles.